The van der Waals surface area contributed by atoms with Crippen LogP contribution in [0.15, 0.2) is 48.5 Å². The number of ketones is 1. The van der Waals surface area contributed by atoms with Gasteiger partial charge in [-0.15, -0.1) is 0 Å². The lowest BCUT2D eigenvalue weighted by molar-refractivity contribution is -0.384. The van der Waals surface area contributed by atoms with Crippen molar-refractivity contribution >= 4 is 17.2 Å². The van der Waals surface area contributed by atoms with Crippen LogP contribution in [0.2, 0.25) is 0 Å². The van der Waals surface area contributed by atoms with Crippen LogP contribution in [0.25, 0.3) is 0 Å². The third-order valence-corrected chi connectivity index (χ3v) is 4.46. The summed E-state index contributed by atoms with van der Waals surface area (Å²) in [6.45, 7) is 0. The van der Waals surface area contributed by atoms with Crippen LogP contribution in [0.4, 0.5) is 11.4 Å². The molecule has 1 fully saturated rings. The molecule has 0 saturated heterocycles. The zero-order valence-electron chi connectivity index (χ0n) is 13.4. The summed E-state index contributed by atoms with van der Waals surface area (Å²) in [4.78, 5) is 23.4. The number of rotatable bonds is 5. The molecule has 5 heteroatoms. The number of nitro groups is 1. The number of hydrogen-bond acceptors (Lipinski definition) is 4. The first-order chi connectivity index (χ1) is 11.6. The van der Waals surface area contributed by atoms with E-state index in [4.69, 9.17) is 0 Å². The quantitative estimate of drug-likeness (QED) is 0.497. The number of nitrogens with zero attached hydrogens (tertiary/aromatic N) is 1. The Hall–Kier alpha value is -2.69. The van der Waals surface area contributed by atoms with Gasteiger partial charge in [-0.25, -0.2) is 0 Å². The molecule has 0 amide bonds. The van der Waals surface area contributed by atoms with Crippen molar-refractivity contribution in [3.05, 3.63) is 69.8 Å². The van der Waals surface area contributed by atoms with Crippen molar-refractivity contribution in [1.82, 2.24) is 0 Å². The van der Waals surface area contributed by atoms with E-state index < -0.39 is 4.92 Å². The Bertz CT molecular complexity index is 738. The highest BCUT2D eigenvalue weighted by Crippen LogP contribution is 2.28. The number of non-ortho nitro benzene ring substituents is 1. The van der Waals surface area contributed by atoms with Crippen molar-refractivity contribution in [2.75, 3.05) is 5.32 Å². The zero-order valence-corrected chi connectivity index (χ0v) is 13.4. The van der Waals surface area contributed by atoms with E-state index in [1.54, 1.807) is 30.3 Å². The fourth-order valence-corrected chi connectivity index (χ4v) is 3.17. The normalized spacial score (nSPS) is 15.0. The number of anilines is 1. The van der Waals surface area contributed by atoms with E-state index in [1.807, 2.05) is 6.07 Å². The van der Waals surface area contributed by atoms with E-state index in [9.17, 15) is 14.9 Å². The molecule has 1 N–H and O–H groups in total. The van der Waals surface area contributed by atoms with E-state index in [0.717, 1.165) is 12.8 Å². The van der Waals surface area contributed by atoms with Gasteiger partial charge in [0, 0.05) is 29.4 Å². The van der Waals surface area contributed by atoms with Crippen LogP contribution in [0.1, 0.15) is 48.0 Å². The smallest absolute Gasteiger partial charge is 0.270 e. The number of carbonyl (C=O) groups excluding carboxylic acids is 1. The van der Waals surface area contributed by atoms with Crippen molar-refractivity contribution in [3.63, 3.8) is 0 Å². The van der Waals surface area contributed by atoms with E-state index in [1.165, 1.54) is 31.4 Å². The van der Waals surface area contributed by atoms with Gasteiger partial charge in [-0.1, -0.05) is 49.6 Å². The Kier molecular flexibility index (Phi) is 4.89. The molecule has 1 aliphatic carbocycles. The lowest BCUT2D eigenvalue weighted by Crippen LogP contribution is -2.23. The summed E-state index contributed by atoms with van der Waals surface area (Å²) in [5.74, 6) is -0.197. The number of nitrogens with one attached hydrogen (secondary N) is 1. The largest absolute Gasteiger partial charge is 0.382 e. The van der Waals surface area contributed by atoms with Gasteiger partial charge in [-0.2, -0.15) is 0 Å². The van der Waals surface area contributed by atoms with Crippen molar-refractivity contribution in [3.8, 4) is 0 Å². The monoisotopic (exact) mass is 324 g/mol. The molecule has 0 unspecified atom stereocenters. The first-order valence-corrected chi connectivity index (χ1v) is 8.30. The topological polar surface area (TPSA) is 72.2 Å². The second-order valence-corrected chi connectivity index (χ2v) is 6.16. The summed E-state index contributed by atoms with van der Waals surface area (Å²) in [7, 11) is 0. The van der Waals surface area contributed by atoms with Crippen LogP contribution in [0.5, 0.6) is 0 Å². The predicted molar refractivity (Wildman–Crippen MR) is 93.5 cm³/mol. The summed E-state index contributed by atoms with van der Waals surface area (Å²) < 4.78 is 0. The molecule has 0 heterocycles. The average Bonchev–Trinajstić information content (AvgIpc) is 2.63. The summed E-state index contributed by atoms with van der Waals surface area (Å²) in [5.41, 5.74) is 1.51. The Morgan fingerprint density at radius 2 is 1.75 bits per heavy atom. The third-order valence-electron chi connectivity index (χ3n) is 4.46. The Morgan fingerprint density at radius 3 is 2.42 bits per heavy atom. The lowest BCUT2D eigenvalue weighted by Gasteiger charge is -2.25. The molecule has 1 saturated carbocycles. The van der Waals surface area contributed by atoms with Crippen LogP contribution >= 0.6 is 0 Å². The average molecular weight is 324 g/mol. The fourth-order valence-electron chi connectivity index (χ4n) is 3.17. The second-order valence-electron chi connectivity index (χ2n) is 6.16. The summed E-state index contributed by atoms with van der Waals surface area (Å²) in [5, 5.41) is 14.5. The highest BCUT2D eigenvalue weighted by Gasteiger charge is 2.21. The molecule has 2 aromatic carbocycles. The maximum absolute atomic E-state index is 12.8. The summed E-state index contributed by atoms with van der Waals surface area (Å²) in [6.07, 6.45) is 5.72. The first kappa shape index (κ1) is 16.2. The molecule has 1 aliphatic rings. The van der Waals surface area contributed by atoms with Gasteiger partial charge in [0.2, 0.25) is 0 Å². The number of benzene rings is 2. The molecule has 0 bridgehead atoms. The van der Waals surface area contributed by atoms with E-state index in [2.05, 4.69) is 5.32 Å². The van der Waals surface area contributed by atoms with Crippen LogP contribution in [-0.2, 0) is 0 Å². The van der Waals surface area contributed by atoms with E-state index in [-0.39, 0.29) is 11.5 Å². The number of hydrogen-bond donors (Lipinski definition) is 1. The second kappa shape index (κ2) is 7.25. The predicted octanol–water partition coefficient (Wildman–Crippen LogP) is 4.57. The molecule has 0 aromatic heterocycles. The minimum absolute atomic E-state index is 0.0662. The van der Waals surface area contributed by atoms with E-state index in [0.29, 0.717) is 22.9 Å². The molecule has 0 radical (unpaired) electrons. The third kappa shape index (κ3) is 3.62. The van der Waals surface area contributed by atoms with E-state index >= 15 is 0 Å². The van der Waals surface area contributed by atoms with Gasteiger partial charge in [-0.05, 0) is 18.9 Å². The Balaban J connectivity index is 1.95. The first-order valence-electron chi connectivity index (χ1n) is 8.30. The molecule has 3 rings (SSSR count). The van der Waals surface area contributed by atoms with Crippen LogP contribution < -0.4 is 5.32 Å². The van der Waals surface area contributed by atoms with Crippen LogP contribution in [-0.4, -0.2) is 16.7 Å². The Morgan fingerprint density at radius 1 is 1.04 bits per heavy atom. The van der Waals surface area contributed by atoms with Gasteiger partial charge in [0.25, 0.3) is 5.69 Å². The van der Waals surface area contributed by atoms with Crippen molar-refractivity contribution in [1.29, 1.82) is 0 Å². The van der Waals surface area contributed by atoms with Crippen LogP contribution in [0.3, 0.4) is 0 Å². The SMILES string of the molecule is O=C(c1ccccc1)c1cc([N+](=O)[O-])ccc1NC1CCCCC1. The van der Waals surface area contributed by atoms with Gasteiger partial charge < -0.3 is 5.32 Å². The summed E-state index contributed by atoms with van der Waals surface area (Å²) in [6, 6.07) is 13.7. The van der Waals surface area contributed by atoms with Crippen molar-refractivity contribution < 1.29 is 9.72 Å². The minimum atomic E-state index is -0.466. The molecule has 124 valence electrons. The van der Waals surface area contributed by atoms with Gasteiger partial charge in [0.05, 0.1) is 10.5 Å². The highest BCUT2D eigenvalue weighted by molar-refractivity contribution is 6.12. The molecule has 0 atom stereocenters. The molecule has 5 nitrogen and oxygen atoms in total. The van der Waals surface area contributed by atoms with Gasteiger partial charge in [0.1, 0.15) is 0 Å². The fraction of sp³-hybridized carbons (Fsp3) is 0.316. The van der Waals surface area contributed by atoms with Crippen molar-refractivity contribution in [2.24, 2.45) is 0 Å². The molecular formula is C19H20N2O3. The van der Waals surface area contributed by atoms with Crippen molar-refractivity contribution in [2.45, 2.75) is 38.1 Å². The maximum Gasteiger partial charge on any atom is 0.270 e. The maximum atomic E-state index is 12.8. The number of nitro benzene ring substituents is 1. The molecule has 2 aromatic rings. The Labute approximate surface area is 140 Å². The summed E-state index contributed by atoms with van der Waals surface area (Å²) >= 11 is 0. The van der Waals surface area contributed by atoms with Gasteiger partial charge in [0.15, 0.2) is 5.78 Å². The molecule has 0 spiro atoms. The number of carbonyl (C=O) groups is 1. The molecule has 0 aliphatic heterocycles. The standard InChI is InChI=1S/C19H20N2O3/c22-19(14-7-3-1-4-8-14)17-13-16(21(23)24)11-12-18(17)20-15-9-5-2-6-10-15/h1,3-4,7-8,11-13,15,20H,2,5-6,9-10H2. The molecule has 24 heavy (non-hydrogen) atoms. The van der Waals surface area contributed by atoms with Crippen LogP contribution in [0, 0.1) is 10.1 Å². The van der Waals surface area contributed by atoms with Gasteiger partial charge >= 0.3 is 0 Å². The highest BCUT2D eigenvalue weighted by atomic mass is 16.6. The lowest BCUT2D eigenvalue weighted by atomic mass is 9.94. The molecular weight excluding hydrogens is 304 g/mol. The van der Waals surface area contributed by atoms with Gasteiger partial charge in [-0.3, -0.25) is 14.9 Å². The minimum Gasteiger partial charge on any atom is -0.382 e. The zero-order chi connectivity index (χ0) is 16.9.